The summed E-state index contributed by atoms with van der Waals surface area (Å²) in [6.07, 6.45) is -4.52. The summed E-state index contributed by atoms with van der Waals surface area (Å²) in [5.74, 6) is -2.40. The van der Waals surface area contributed by atoms with Crippen molar-refractivity contribution in [2.75, 3.05) is 11.5 Å². The van der Waals surface area contributed by atoms with Gasteiger partial charge in [0.25, 0.3) is 0 Å². The Kier molecular flexibility index (Phi) is 3.57. The van der Waals surface area contributed by atoms with Gasteiger partial charge in [0.1, 0.15) is 0 Å². The number of nitrogens with two attached hydrogens (primary N) is 1. The smallest absolute Gasteiger partial charge is 0.399 e. The maximum absolute atomic E-state index is 12.4. The lowest BCUT2D eigenvalue weighted by Gasteiger charge is -2.11. The van der Waals surface area contributed by atoms with Gasteiger partial charge in [-0.25, -0.2) is 4.98 Å². The third-order valence-corrected chi connectivity index (χ3v) is 3.39. The van der Waals surface area contributed by atoms with E-state index in [0.29, 0.717) is 21.9 Å². The molecule has 0 radical (unpaired) electrons. The second-order valence-corrected chi connectivity index (χ2v) is 4.86. The largest absolute Gasteiger partial charge is 0.405 e. The van der Waals surface area contributed by atoms with Crippen LogP contribution in [0.3, 0.4) is 0 Å². The topological polar surface area (TPSA) is 78.5 Å². The molecule has 0 spiro atoms. The monoisotopic (exact) mass is 286 g/mol. The Morgan fingerprint density at radius 1 is 1.47 bits per heavy atom. The molecule has 1 atom stereocenters. The zero-order valence-corrected chi connectivity index (χ0v) is 10.3. The number of H-pyrrole nitrogens is 1. The molecule has 0 aliphatic heterocycles. The first kappa shape index (κ1) is 13.5. The molecule has 0 aliphatic rings. The van der Waals surface area contributed by atoms with Crippen LogP contribution in [-0.4, -0.2) is 21.9 Å². The number of nitriles is 1. The molecule has 0 aliphatic carbocycles. The lowest BCUT2D eigenvalue weighted by atomic mass is 10.2. The quantitative estimate of drug-likeness (QED) is 0.671. The van der Waals surface area contributed by atoms with Crippen LogP contribution in [0.15, 0.2) is 23.4 Å². The van der Waals surface area contributed by atoms with Crippen molar-refractivity contribution in [2.45, 2.75) is 11.3 Å². The first-order valence-electron chi connectivity index (χ1n) is 5.24. The van der Waals surface area contributed by atoms with E-state index < -0.39 is 17.8 Å². The molecule has 8 heteroatoms. The number of benzene rings is 1. The number of nitrogens with one attached hydrogen (secondary N) is 1. The molecule has 3 N–H and O–H groups in total. The van der Waals surface area contributed by atoms with Crippen molar-refractivity contribution in [1.82, 2.24) is 9.97 Å². The molecule has 2 rings (SSSR count). The third-order valence-electron chi connectivity index (χ3n) is 2.42. The summed E-state index contributed by atoms with van der Waals surface area (Å²) in [6, 6.07) is 6.23. The van der Waals surface area contributed by atoms with E-state index in [4.69, 9.17) is 11.0 Å². The number of halogens is 3. The minimum absolute atomic E-state index is 0.338. The Bertz CT molecular complexity index is 629. The van der Waals surface area contributed by atoms with Gasteiger partial charge in [-0.1, -0.05) is 11.8 Å². The summed E-state index contributed by atoms with van der Waals surface area (Å²) in [6.45, 7) is 0. The fraction of sp³-hybridized carbons (Fsp3) is 0.273. The molecule has 0 bridgehead atoms. The summed E-state index contributed by atoms with van der Waals surface area (Å²) in [5, 5.41) is 8.82. The fourth-order valence-electron chi connectivity index (χ4n) is 1.44. The highest BCUT2D eigenvalue weighted by atomic mass is 32.2. The van der Waals surface area contributed by atoms with Crippen LogP contribution in [0, 0.1) is 17.2 Å². The number of nitrogen functional groups attached to an aromatic ring is 1. The van der Waals surface area contributed by atoms with Crippen LogP contribution >= 0.6 is 11.8 Å². The Morgan fingerprint density at radius 2 is 2.21 bits per heavy atom. The van der Waals surface area contributed by atoms with E-state index in [2.05, 4.69) is 9.97 Å². The second kappa shape index (κ2) is 5.01. The summed E-state index contributed by atoms with van der Waals surface area (Å²) < 4.78 is 37.2. The van der Waals surface area contributed by atoms with Crippen molar-refractivity contribution in [3.63, 3.8) is 0 Å². The van der Waals surface area contributed by atoms with E-state index in [-0.39, 0.29) is 0 Å². The molecule has 1 aromatic heterocycles. The van der Waals surface area contributed by atoms with Gasteiger partial charge in [0.15, 0.2) is 11.1 Å². The molecule has 1 heterocycles. The molecule has 2 aromatic rings. The summed E-state index contributed by atoms with van der Waals surface area (Å²) in [4.78, 5) is 6.98. The van der Waals surface area contributed by atoms with Gasteiger partial charge in [0, 0.05) is 11.4 Å². The maximum Gasteiger partial charge on any atom is 0.405 e. The molecule has 1 aromatic carbocycles. The van der Waals surface area contributed by atoms with E-state index in [1.54, 1.807) is 18.2 Å². The number of rotatable bonds is 3. The van der Waals surface area contributed by atoms with Crippen LogP contribution in [0.25, 0.3) is 11.0 Å². The van der Waals surface area contributed by atoms with E-state index in [1.165, 1.54) is 6.07 Å². The van der Waals surface area contributed by atoms with Crippen molar-refractivity contribution in [3.05, 3.63) is 18.2 Å². The minimum atomic E-state index is -4.52. The fourth-order valence-corrected chi connectivity index (χ4v) is 2.37. The summed E-state index contributed by atoms with van der Waals surface area (Å²) in [5.41, 5.74) is 7.41. The predicted molar refractivity (Wildman–Crippen MR) is 66.4 cm³/mol. The number of imidazole rings is 1. The highest BCUT2D eigenvalue weighted by molar-refractivity contribution is 7.99. The standard InChI is InChI=1S/C11H9F3N4S/c12-11(13,14)6(4-15)5-19-10-17-8-2-1-7(16)3-9(8)18-10/h1-3,6H,5,16H2,(H,17,18). The molecule has 19 heavy (non-hydrogen) atoms. The number of aromatic nitrogens is 2. The van der Waals surface area contributed by atoms with Crippen LogP contribution in [0.2, 0.25) is 0 Å². The number of hydrogen-bond donors (Lipinski definition) is 2. The van der Waals surface area contributed by atoms with Crippen LogP contribution < -0.4 is 5.73 Å². The molecule has 1 unspecified atom stereocenters. The van der Waals surface area contributed by atoms with Crippen LogP contribution in [0.5, 0.6) is 0 Å². The molecule has 0 fully saturated rings. The lowest BCUT2D eigenvalue weighted by molar-refractivity contribution is -0.152. The van der Waals surface area contributed by atoms with Crippen molar-refractivity contribution in [3.8, 4) is 6.07 Å². The molecule has 4 nitrogen and oxygen atoms in total. The average Bonchev–Trinajstić information content (AvgIpc) is 2.69. The van der Waals surface area contributed by atoms with Gasteiger partial charge in [-0.2, -0.15) is 18.4 Å². The number of fused-ring (bicyclic) bond motifs is 1. The van der Waals surface area contributed by atoms with Crippen LogP contribution in [0.4, 0.5) is 18.9 Å². The molecule has 100 valence electrons. The van der Waals surface area contributed by atoms with E-state index in [0.717, 1.165) is 11.8 Å². The van der Waals surface area contributed by atoms with Crippen molar-refractivity contribution in [2.24, 2.45) is 5.92 Å². The van der Waals surface area contributed by atoms with E-state index in [9.17, 15) is 13.2 Å². The second-order valence-electron chi connectivity index (χ2n) is 3.85. The molecular formula is C11H9F3N4S. The molecular weight excluding hydrogens is 277 g/mol. The Labute approximate surface area is 110 Å². The van der Waals surface area contributed by atoms with Gasteiger partial charge < -0.3 is 10.7 Å². The number of anilines is 1. The van der Waals surface area contributed by atoms with Crippen LogP contribution in [-0.2, 0) is 0 Å². The zero-order chi connectivity index (χ0) is 14.0. The Hall–Kier alpha value is -1.88. The highest BCUT2D eigenvalue weighted by Crippen LogP contribution is 2.31. The van der Waals surface area contributed by atoms with Gasteiger partial charge in [0.2, 0.25) is 0 Å². The number of thioether (sulfide) groups is 1. The van der Waals surface area contributed by atoms with Gasteiger partial charge in [-0.3, -0.25) is 0 Å². The molecule has 0 amide bonds. The first-order chi connectivity index (χ1) is 8.90. The van der Waals surface area contributed by atoms with Gasteiger partial charge in [-0.05, 0) is 18.2 Å². The Balaban J connectivity index is 2.12. The van der Waals surface area contributed by atoms with E-state index >= 15 is 0 Å². The number of hydrogen-bond acceptors (Lipinski definition) is 4. The van der Waals surface area contributed by atoms with Crippen molar-refractivity contribution < 1.29 is 13.2 Å². The van der Waals surface area contributed by atoms with Gasteiger partial charge in [0.05, 0.1) is 17.1 Å². The van der Waals surface area contributed by atoms with Gasteiger partial charge >= 0.3 is 6.18 Å². The number of nitrogens with zero attached hydrogens (tertiary/aromatic N) is 2. The lowest BCUT2D eigenvalue weighted by Crippen LogP contribution is -2.23. The minimum Gasteiger partial charge on any atom is -0.399 e. The Morgan fingerprint density at radius 3 is 2.84 bits per heavy atom. The number of aromatic amines is 1. The van der Waals surface area contributed by atoms with Gasteiger partial charge in [-0.15, -0.1) is 0 Å². The van der Waals surface area contributed by atoms with Crippen molar-refractivity contribution in [1.29, 1.82) is 5.26 Å². The third kappa shape index (κ3) is 3.12. The zero-order valence-electron chi connectivity index (χ0n) is 9.53. The summed E-state index contributed by atoms with van der Waals surface area (Å²) in [7, 11) is 0. The SMILES string of the molecule is N#CC(CSc1nc2ccc(N)cc2[nH]1)C(F)(F)F. The maximum atomic E-state index is 12.4. The molecule has 0 saturated carbocycles. The number of alkyl halides is 3. The summed E-state index contributed by atoms with van der Waals surface area (Å²) >= 11 is 0.862. The van der Waals surface area contributed by atoms with Crippen LogP contribution in [0.1, 0.15) is 0 Å². The van der Waals surface area contributed by atoms with Crippen molar-refractivity contribution >= 4 is 28.5 Å². The normalized spacial score (nSPS) is 13.4. The average molecular weight is 286 g/mol. The highest BCUT2D eigenvalue weighted by Gasteiger charge is 2.39. The predicted octanol–water partition coefficient (Wildman–Crippen LogP) is 2.94. The molecule has 0 saturated heterocycles. The first-order valence-corrected chi connectivity index (χ1v) is 6.23. The van der Waals surface area contributed by atoms with E-state index in [1.807, 2.05) is 0 Å².